The molecule has 6 heteroatoms. The van der Waals surface area contributed by atoms with Crippen LogP contribution in [0.15, 0.2) is 60.8 Å². The average molecular weight is 895 g/mol. The number of ether oxygens (including phenoxy) is 3. The number of allylic oxidation sites excluding steroid dienone is 10. The molecule has 0 saturated carbocycles. The molecule has 1 unspecified atom stereocenters. The minimum atomic E-state index is -0.799. The van der Waals surface area contributed by atoms with Crippen LogP contribution in [0.2, 0.25) is 0 Å². The second-order valence-corrected chi connectivity index (χ2v) is 18.1. The summed E-state index contributed by atoms with van der Waals surface area (Å²) in [6, 6.07) is 0. The smallest absolute Gasteiger partial charge is 0.306 e. The van der Waals surface area contributed by atoms with Gasteiger partial charge >= 0.3 is 17.9 Å². The van der Waals surface area contributed by atoms with Gasteiger partial charge in [0, 0.05) is 19.3 Å². The van der Waals surface area contributed by atoms with E-state index in [9.17, 15) is 14.4 Å². The van der Waals surface area contributed by atoms with E-state index < -0.39 is 6.10 Å². The van der Waals surface area contributed by atoms with Crippen molar-refractivity contribution < 1.29 is 28.6 Å². The van der Waals surface area contributed by atoms with Crippen molar-refractivity contribution in [1.82, 2.24) is 0 Å². The van der Waals surface area contributed by atoms with Crippen molar-refractivity contribution in [2.75, 3.05) is 13.2 Å². The van der Waals surface area contributed by atoms with E-state index in [0.29, 0.717) is 19.3 Å². The Morgan fingerprint density at radius 2 is 0.609 bits per heavy atom. The maximum Gasteiger partial charge on any atom is 0.306 e. The van der Waals surface area contributed by atoms with E-state index in [0.717, 1.165) is 77.0 Å². The zero-order valence-corrected chi connectivity index (χ0v) is 42.3. The van der Waals surface area contributed by atoms with Gasteiger partial charge in [-0.2, -0.15) is 0 Å². The number of unbranched alkanes of at least 4 members (excludes halogenated alkanes) is 28. The van der Waals surface area contributed by atoms with Crippen LogP contribution in [0.25, 0.3) is 0 Å². The summed E-state index contributed by atoms with van der Waals surface area (Å²) in [5.41, 5.74) is 0. The molecule has 370 valence electrons. The van der Waals surface area contributed by atoms with Crippen LogP contribution in [0.5, 0.6) is 0 Å². The first-order chi connectivity index (χ1) is 31.5. The van der Waals surface area contributed by atoms with Gasteiger partial charge in [-0.3, -0.25) is 14.4 Å². The Labute approximate surface area is 396 Å². The summed E-state index contributed by atoms with van der Waals surface area (Å²) in [6.07, 6.45) is 65.1. The van der Waals surface area contributed by atoms with Crippen molar-refractivity contribution >= 4 is 17.9 Å². The molecule has 0 N–H and O–H groups in total. The zero-order valence-electron chi connectivity index (χ0n) is 42.3. The highest BCUT2D eigenvalue weighted by molar-refractivity contribution is 5.71. The van der Waals surface area contributed by atoms with Gasteiger partial charge in [0.1, 0.15) is 13.2 Å². The van der Waals surface area contributed by atoms with Gasteiger partial charge in [-0.15, -0.1) is 0 Å². The van der Waals surface area contributed by atoms with Gasteiger partial charge < -0.3 is 14.2 Å². The maximum absolute atomic E-state index is 12.8. The second-order valence-electron chi connectivity index (χ2n) is 18.1. The molecule has 0 heterocycles. The van der Waals surface area contributed by atoms with Crippen molar-refractivity contribution in [3.63, 3.8) is 0 Å². The minimum absolute atomic E-state index is 0.0932. The van der Waals surface area contributed by atoms with Crippen molar-refractivity contribution in [3.8, 4) is 0 Å². The molecule has 0 aromatic carbocycles. The number of carbonyl (C=O) groups excluding carboxylic acids is 3. The molecule has 1 atom stereocenters. The van der Waals surface area contributed by atoms with Crippen molar-refractivity contribution in [2.45, 2.75) is 277 Å². The second kappa shape index (κ2) is 52.7. The molecule has 0 aliphatic carbocycles. The van der Waals surface area contributed by atoms with E-state index in [-0.39, 0.29) is 37.5 Å². The van der Waals surface area contributed by atoms with Gasteiger partial charge in [0.15, 0.2) is 6.10 Å². The lowest BCUT2D eigenvalue weighted by Crippen LogP contribution is -2.30. The molecule has 0 aliphatic heterocycles. The minimum Gasteiger partial charge on any atom is -0.462 e. The Kier molecular flexibility index (Phi) is 50.4. The van der Waals surface area contributed by atoms with Gasteiger partial charge in [-0.25, -0.2) is 0 Å². The van der Waals surface area contributed by atoms with Crippen LogP contribution in [0, 0.1) is 0 Å². The molecule has 0 fully saturated rings. The van der Waals surface area contributed by atoms with Crippen LogP contribution in [-0.2, 0) is 28.6 Å². The lowest BCUT2D eigenvalue weighted by molar-refractivity contribution is -0.167. The van der Waals surface area contributed by atoms with Gasteiger partial charge in [-0.05, 0) is 57.8 Å². The normalized spacial score (nSPS) is 12.5. The molecule has 0 amide bonds. The molecule has 0 saturated heterocycles. The molecule has 0 bridgehead atoms. The maximum atomic E-state index is 12.8. The highest BCUT2D eigenvalue weighted by atomic mass is 16.6. The lowest BCUT2D eigenvalue weighted by atomic mass is 10.0. The number of esters is 3. The fraction of sp³-hybridized carbons (Fsp3) is 0.776. The van der Waals surface area contributed by atoms with Crippen molar-refractivity contribution in [3.05, 3.63) is 60.8 Å². The molecule has 0 radical (unpaired) electrons. The third-order valence-electron chi connectivity index (χ3n) is 11.8. The fourth-order valence-electron chi connectivity index (χ4n) is 7.71. The number of carbonyl (C=O) groups is 3. The Bertz CT molecular complexity index is 1170. The summed E-state index contributed by atoms with van der Waals surface area (Å²) in [5.74, 6) is -0.944. The molecule has 0 aromatic rings. The van der Waals surface area contributed by atoms with Crippen LogP contribution in [0.4, 0.5) is 0 Å². The SMILES string of the molecule is CC/C=C\C/C=C\C/C=C\C/C=C\C/C=C\CCCC(=O)OC(COC(=O)CCCCCCCCCCCC)COC(=O)CCCCCCCCCCCCCCCCCCCCC. The van der Waals surface area contributed by atoms with E-state index in [1.807, 2.05) is 0 Å². The first kappa shape index (κ1) is 61.1. The van der Waals surface area contributed by atoms with E-state index in [1.165, 1.54) is 148 Å². The molecular formula is C58H102O6. The largest absolute Gasteiger partial charge is 0.462 e. The molecule has 6 nitrogen and oxygen atoms in total. The van der Waals surface area contributed by atoms with Crippen molar-refractivity contribution in [2.24, 2.45) is 0 Å². The molecule has 0 aliphatic rings. The van der Waals surface area contributed by atoms with Gasteiger partial charge in [0.05, 0.1) is 0 Å². The summed E-state index contributed by atoms with van der Waals surface area (Å²) in [6.45, 7) is 6.49. The van der Waals surface area contributed by atoms with Gasteiger partial charge in [0.25, 0.3) is 0 Å². The Balaban J connectivity index is 4.37. The highest BCUT2D eigenvalue weighted by Crippen LogP contribution is 2.16. The van der Waals surface area contributed by atoms with Crippen LogP contribution in [-0.4, -0.2) is 37.2 Å². The third-order valence-corrected chi connectivity index (χ3v) is 11.8. The Morgan fingerprint density at radius 1 is 0.328 bits per heavy atom. The lowest BCUT2D eigenvalue weighted by Gasteiger charge is -2.18. The predicted octanol–water partition coefficient (Wildman–Crippen LogP) is 18.0. The van der Waals surface area contributed by atoms with E-state index >= 15 is 0 Å². The fourth-order valence-corrected chi connectivity index (χ4v) is 7.71. The standard InChI is InChI=1S/C58H102O6/c1-4-7-10-13-16-19-22-24-26-28-29-31-32-34-36-39-42-45-48-51-57(60)63-54-55(53-62-56(59)50-47-44-41-38-21-18-15-12-9-6-3)64-58(61)52-49-46-43-40-37-35-33-30-27-25-23-20-17-14-11-8-5-2/h8,11,17,20,25,27,33,35,40,43,55H,4-7,9-10,12-16,18-19,21-24,26,28-32,34,36-39,41-42,44-54H2,1-3H3/b11-8-,20-17-,27-25-,35-33-,43-40-. The van der Waals surface area contributed by atoms with Crippen LogP contribution >= 0.6 is 0 Å². The topological polar surface area (TPSA) is 78.9 Å². The molecule has 0 rings (SSSR count). The molecule has 0 spiro atoms. The summed E-state index contributed by atoms with van der Waals surface area (Å²) in [5, 5.41) is 0. The highest BCUT2D eigenvalue weighted by Gasteiger charge is 2.19. The average Bonchev–Trinajstić information content (AvgIpc) is 3.29. The zero-order chi connectivity index (χ0) is 46.5. The summed E-state index contributed by atoms with van der Waals surface area (Å²) < 4.78 is 16.8. The van der Waals surface area contributed by atoms with Crippen molar-refractivity contribution in [1.29, 1.82) is 0 Å². The first-order valence-corrected chi connectivity index (χ1v) is 27.3. The van der Waals surface area contributed by atoms with E-state index in [1.54, 1.807) is 0 Å². The van der Waals surface area contributed by atoms with E-state index in [2.05, 4.69) is 81.5 Å². The molecule has 0 aromatic heterocycles. The number of rotatable bonds is 49. The Morgan fingerprint density at radius 3 is 0.938 bits per heavy atom. The van der Waals surface area contributed by atoms with Crippen LogP contribution < -0.4 is 0 Å². The predicted molar refractivity (Wildman–Crippen MR) is 275 cm³/mol. The Hall–Kier alpha value is -2.89. The summed E-state index contributed by atoms with van der Waals surface area (Å²) in [4.78, 5) is 38.0. The monoisotopic (exact) mass is 895 g/mol. The van der Waals surface area contributed by atoms with Crippen LogP contribution in [0.3, 0.4) is 0 Å². The summed E-state index contributed by atoms with van der Waals surface area (Å²) >= 11 is 0. The summed E-state index contributed by atoms with van der Waals surface area (Å²) in [7, 11) is 0. The van der Waals surface area contributed by atoms with E-state index in [4.69, 9.17) is 14.2 Å². The quantitative estimate of drug-likeness (QED) is 0.0262. The first-order valence-electron chi connectivity index (χ1n) is 27.3. The van der Waals surface area contributed by atoms with Crippen LogP contribution in [0.1, 0.15) is 271 Å². The number of hydrogen-bond acceptors (Lipinski definition) is 6. The third kappa shape index (κ3) is 50.1. The van der Waals surface area contributed by atoms with Gasteiger partial charge in [-0.1, -0.05) is 255 Å². The number of hydrogen-bond donors (Lipinski definition) is 0. The molecule has 64 heavy (non-hydrogen) atoms. The molecular weight excluding hydrogens is 793 g/mol. The van der Waals surface area contributed by atoms with Gasteiger partial charge in [0.2, 0.25) is 0 Å².